The first-order valence-electron chi connectivity index (χ1n) is 9.56. The van der Waals surface area contributed by atoms with E-state index < -0.39 is 0 Å². The molecule has 1 aromatic carbocycles. The van der Waals surface area contributed by atoms with Crippen LogP contribution >= 0.6 is 0 Å². The summed E-state index contributed by atoms with van der Waals surface area (Å²) in [5, 5.41) is 11.6. The summed E-state index contributed by atoms with van der Waals surface area (Å²) < 4.78 is 0. The standard InChI is InChI=1S/C21H22N6O/c28-21(19-15-22-11-12-23-19)24-17-7-5-16(6-8-17)18-9-10-20(26-25-18)27-13-3-1-2-4-14-27/h5-12,15H,1-4,13-14H2,(H,24,28). The fourth-order valence-corrected chi connectivity index (χ4v) is 3.28. The molecule has 142 valence electrons. The summed E-state index contributed by atoms with van der Waals surface area (Å²) in [6.07, 6.45) is 9.47. The molecule has 1 N–H and O–H groups in total. The highest BCUT2D eigenvalue weighted by Gasteiger charge is 2.12. The van der Waals surface area contributed by atoms with Crippen molar-refractivity contribution in [3.8, 4) is 11.3 Å². The number of nitrogens with one attached hydrogen (secondary N) is 1. The summed E-state index contributed by atoms with van der Waals surface area (Å²) in [6, 6.07) is 11.6. The molecule has 1 fully saturated rings. The van der Waals surface area contributed by atoms with Gasteiger partial charge in [0, 0.05) is 36.7 Å². The Balaban J connectivity index is 1.43. The van der Waals surface area contributed by atoms with Crippen LogP contribution in [0.3, 0.4) is 0 Å². The van der Waals surface area contributed by atoms with E-state index in [9.17, 15) is 4.79 Å². The van der Waals surface area contributed by atoms with E-state index in [-0.39, 0.29) is 11.6 Å². The number of amides is 1. The summed E-state index contributed by atoms with van der Waals surface area (Å²) >= 11 is 0. The third kappa shape index (κ3) is 4.31. The van der Waals surface area contributed by atoms with Gasteiger partial charge in [-0.3, -0.25) is 9.78 Å². The summed E-state index contributed by atoms with van der Waals surface area (Å²) in [5.41, 5.74) is 2.73. The van der Waals surface area contributed by atoms with Crippen LogP contribution < -0.4 is 10.2 Å². The van der Waals surface area contributed by atoms with E-state index in [4.69, 9.17) is 0 Å². The van der Waals surface area contributed by atoms with Crippen LogP contribution in [-0.4, -0.2) is 39.2 Å². The quantitative estimate of drug-likeness (QED) is 0.752. The predicted octanol–water partition coefficient (Wildman–Crippen LogP) is 3.57. The highest BCUT2D eigenvalue weighted by molar-refractivity contribution is 6.02. The summed E-state index contributed by atoms with van der Waals surface area (Å²) in [7, 11) is 0. The van der Waals surface area contributed by atoms with Gasteiger partial charge in [0.15, 0.2) is 5.82 Å². The molecule has 0 spiro atoms. The van der Waals surface area contributed by atoms with Crippen LogP contribution in [0.1, 0.15) is 36.2 Å². The van der Waals surface area contributed by atoms with Gasteiger partial charge in [-0.05, 0) is 37.1 Å². The van der Waals surface area contributed by atoms with E-state index in [1.54, 1.807) is 0 Å². The van der Waals surface area contributed by atoms with Crippen molar-refractivity contribution < 1.29 is 4.79 Å². The number of benzene rings is 1. The first-order valence-corrected chi connectivity index (χ1v) is 9.56. The number of nitrogens with zero attached hydrogens (tertiary/aromatic N) is 5. The fourth-order valence-electron chi connectivity index (χ4n) is 3.28. The second-order valence-electron chi connectivity index (χ2n) is 6.80. The van der Waals surface area contributed by atoms with Crippen molar-refractivity contribution >= 4 is 17.4 Å². The Morgan fingerprint density at radius 1 is 0.893 bits per heavy atom. The van der Waals surface area contributed by atoms with Gasteiger partial charge in [0.05, 0.1) is 11.9 Å². The minimum absolute atomic E-state index is 0.279. The Kier molecular flexibility index (Phi) is 5.51. The monoisotopic (exact) mass is 374 g/mol. The molecule has 2 aromatic heterocycles. The Hall–Kier alpha value is -3.35. The van der Waals surface area contributed by atoms with E-state index >= 15 is 0 Å². The van der Waals surface area contributed by atoms with E-state index in [0.29, 0.717) is 5.69 Å². The van der Waals surface area contributed by atoms with Gasteiger partial charge in [-0.25, -0.2) is 4.98 Å². The van der Waals surface area contributed by atoms with Crippen molar-refractivity contribution in [2.24, 2.45) is 0 Å². The zero-order valence-corrected chi connectivity index (χ0v) is 15.6. The molecule has 7 nitrogen and oxygen atoms in total. The molecule has 1 amide bonds. The Labute approximate surface area is 163 Å². The van der Waals surface area contributed by atoms with Crippen molar-refractivity contribution in [3.63, 3.8) is 0 Å². The maximum absolute atomic E-state index is 12.1. The van der Waals surface area contributed by atoms with Crippen LogP contribution in [0.5, 0.6) is 0 Å². The molecule has 1 saturated heterocycles. The first-order chi connectivity index (χ1) is 13.8. The van der Waals surface area contributed by atoms with E-state index in [0.717, 1.165) is 30.2 Å². The maximum atomic E-state index is 12.1. The van der Waals surface area contributed by atoms with Gasteiger partial charge < -0.3 is 10.2 Å². The lowest BCUT2D eigenvalue weighted by atomic mass is 10.1. The second kappa shape index (κ2) is 8.56. The molecule has 0 saturated carbocycles. The van der Waals surface area contributed by atoms with Crippen LogP contribution in [0.15, 0.2) is 55.0 Å². The zero-order chi connectivity index (χ0) is 19.2. The van der Waals surface area contributed by atoms with Gasteiger partial charge in [0.1, 0.15) is 5.69 Å². The minimum Gasteiger partial charge on any atom is -0.355 e. The van der Waals surface area contributed by atoms with Gasteiger partial charge in [0.25, 0.3) is 5.91 Å². The lowest BCUT2D eigenvalue weighted by molar-refractivity contribution is 0.102. The van der Waals surface area contributed by atoms with Crippen LogP contribution in [0.4, 0.5) is 11.5 Å². The molecule has 1 aliphatic heterocycles. The number of anilines is 2. The number of rotatable bonds is 4. The summed E-state index contributed by atoms with van der Waals surface area (Å²) in [5.74, 6) is 0.654. The van der Waals surface area contributed by atoms with Gasteiger partial charge in [0.2, 0.25) is 0 Å². The second-order valence-corrected chi connectivity index (χ2v) is 6.80. The van der Waals surface area contributed by atoms with Gasteiger partial charge in [-0.2, -0.15) is 0 Å². The van der Waals surface area contributed by atoms with Crippen molar-refractivity contribution in [2.45, 2.75) is 25.7 Å². The van der Waals surface area contributed by atoms with E-state index in [1.165, 1.54) is 44.3 Å². The van der Waals surface area contributed by atoms with Gasteiger partial charge >= 0.3 is 0 Å². The molecule has 0 unspecified atom stereocenters. The van der Waals surface area contributed by atoms with Crippen molar-refractivity contribution in [1.82, 2.24) is 20.2 Å². The van der Waals surface area contributed by atoms with Crippen LogP contribution in [0, 0.1) is 0 Å². The Bertz CT molecular complexity index is 904. The van der Waals surface area contributed by atoms with Crippen LogP contribution in [0.2, 0.25) is 0 Å². The van der Waals surface area contributed by atoms with Crippen molar-refractivity contribution in [2.75, 3.05) is 23.3 Å². The number of carbonyl (C=O) groups excluding carboxylic acids is 1. The highest BCUT2D eigenvalue weighted by Crippen LogP contribution is 2.22. The average molecular weight is 374 g/mol. The topological polar surface area (TPSA) is 83.9 Å². The third-order valence-electron chi connectivity index (χ3n) is 4.81. The zero-order valence-electron chi connectivity index (χ0n) is 15.6. The SMILES string of the molecule is O=C(Nc1ccc(-c2ccc(N3CCCCCC3)nn2)cc1)c1cnccn1. The molecule has 0 bridgehead atoms. The number of aromatic nitrogens is 4. The van der Waals surface area contributed by atoms with Crippen molar-refractivity contribution in [1.29, 1.82) is 0 Å². The van der Waals surface area contributed by atoms with Crippen LogP contribution in [-0.2, 0) is 0 Å². The predicted molar refractivity (Wildman–Crippen MR) is 108 cm³/mol. The average Bonchev–Trinajstić information content (AvgIpc) is 3.05. The maximum Gasteiger partial charge on any atom is 0.275 e. The highest BCUT2D eigenvalue weighted by atomic mass is 16.1. The lowest BCUT2D eigenvalue weighted by Gasteiger charge is -2.20. The molecule has 0 atom stereocenters. The third-order valence-corrected chi connectivity index (χ3v) is 4.81. The summed E-state index contributed by atoms with van der Waals surface area (Å²) in [6.45, 7) is 2.10. The largest absolute Gasteiger partial charge is 0.355 e. The molecule has 3 heterocycles. The smallest absolute Gasteiger partial charge is 0.275 e. The molecule has 1 aliphatic rings. The van der Waals surface area contributed by atoms with Crippen LogP contribution in [0.25, 0.3) is 11.3 Å². The fraction of sp³-hybridized carbons (Fsp3) is 0.286. The number of hydrogen-bond donors (Lipinski definition) is 1. The Morgan fingerprint density at radius 3 is 2.32 bits per heavy atom. The molecule has 28 heavy (non-hydrogen) atoms. The molecular formula is C21H22N6O. The molecule has 3 aromatic rings. The van der Waals surface area contributed by atoms with E-state index in [2.05, 4.69) is 30.4 Å². The number of hydrogen-bond acceptors (Lipinski definition) is 6. The minimum atomic E-state index is -0.289. The normalized spacial score (nSPS) is 14.4. The molecule has 4 rings (SSSR count). The molecular weight excluding hydrogens is 352 g/mol. The van der Waals surface area contributed by atoms with Gasteiger partial charge in [-0.15, -0.1) is 10.2 Å². The van der Waals surface area contributed by atoms with Crippen molar-refractivity contribution in [3.05, 3.63) is 60.7 Å². The van der Waals surface area contributed by atoms with Gasteiger partial charge in [-0.1, -0.05) is 25.0 Å². The first kappa shape index (κ1) is 18.0. The number of carbonyl (C=O) groups is 1. The molecule has 0 aliphatic carbocycles. The van der Waals surface area contributed by atoms with E-state index in [1.807, 2.05) is 36.4 Å². The molecule has 0 radical (unpaired) electrons. The summed E-state index contributed by atoms with van der Waals surface area (Å²) in [4.78, 5) is 22.4. The lowest BCUT2D eigenvalue weighted by Crippen LogP contribution is -2.25. The molecule has 7 heteroatoms. The Morgan fingerprint density at radius 2 is 1.68 bits per heavy atom.